The van der Waals surface area contributed by atoms with Gasteiger partial charge in [-0.3, -0.25) is 9.78 Å². The van der Waals surface area contributed by atoms with Crippen molar-refractivity contribution in [3.8, 4) is 0 Å². The quantitative estimate of drug-likeness (QED) is 0.744. The second-order valence-corrected chi connectivity index (χ2v) is 6.52. The number of halogens is 1. The van der Waals surface area contributed by atoms with Crippen molar-refractivity contribution >= 4 is 23.2 Å². The van der Waals surface area contributed by atoms with Crippen LogP contribution in [0.15, 0.2) is 48.6 Å². The van der Waals surface area contributed by atoms with Crippen molar-refractivity contribution in [2.75, 3.05) is 0 Å². The third kappa shape index (κ3) is 4.18. The number of nitrogens with one attached hydrogen (secondary N) is 1. The van der Waals surface area contributed by atoms with Gasteiger partial charge in [0.2, 0.25) is 0 Å². The molecular weight excluding hydrogens is 332 g/mol. The molecule has 0 radical (unpaired) electrons. The maximum absolute atomic E-state index is 12.9. The lowest BCUT2D eigenvalue weighted by molar-refractivity contribution is 0.0972. The number of hydrogen-bond acceptors (Lipinski definition) is 2. The second kappa shape index (κ2) is 8.13. The van der Waals surface area contributed by atoms with E-state index in [-0.39, 0.29) is 5.91 Å². The van der Waals surface area contributed by atoms with Gasteiger partial charge in [-0.25, -0.2) is 0 Å². The van der Waals surface area contributed by atoms with Crippen LogP contribution in [-0.2, 0) is 6.42 Å². The lowest BCUT2D eigenvalue weighted by atomic mass is 10.0. The molecule has 2 rings (SSSR count). The van der Waals surface area contributed by atoms with Gasteiger partial charge in [-0.2, -0.15) is 0 Å². The number of rotatable bonds is 5. The summed E-state index contributed by atoms with van der Waals surface area (Å²) in [6.07, 6.45) is 2.34. The molecule has 1 heterocycles. The first-order valence-corrected chi connectivity index (χ1v) is 8.55. The topological polar surface area (TPSA) is 42.0 Å². The van der Waals surface area contributed by atoms with Crippen LogP contribution in [0.4, 0.5) is 0 Å². The van der Waals surface area contributed by atoms with Crippen molar-refractivity contribution < 1.29 is 4.79 Å². The maximum atomic E-state index is 12.9. The van der Waals surface area contributed by atoms with E-state index in [0.717, 1.165) is 28.1 Å². The number of carbonyl (C=O) groups is 1. The van der Waals surface area contributed by atoms with E-state index in [2.05, 4.69) is 16.9 Å². The average Bonchev–Trinajstić information content (AvgIpc) is 2.56. The SMILES string of the molecule is C=CCc1c(C)nc(C)c(C(=O)NC(=C(C)C)c2ccccc2)c1Cl. The fourth-order valence-electron chi connectivity index (χ4n) is 2.76. The fraction of sp³-hybridized carbons (Fsp3) is 0.238. The molecule has 0 unspecified atom stereocenters. The highest BCUT2D eigenvalue weighted by Crippen LogP contribution is 2.27. The second-order valence-electron chi connectivity index (χ2n) is 6.14. The largest absolute Gasteiger partial charge is 0.321 e. The van der Waals surface area contributed by atoms with E-state index in [4.69, 9.17) is 11.6 Å². The molecule has 1 aromatic carbocycles. The zero-order chi connectivity index (χ0) is 18.6. The Balaban J connectivity index is 2.46. The summed E-state index contributed by atoms with van der Waals surface area (Å²) < 4.78 is 0. The van der Waals surface area contributed by atoms with E-state index in [1.807, 2.05) is 51.1 Å². The zero-order valence-electron chi connectivity index (χ0n) is 15.1. The number of hydrogen-bond donors (Lipinski definition) is 1. The number of benzene rings is 1. The molecule has 1 N–H and O–H groups in total. The molecule has 25 heavy (non-hydrogen) atoms. The zero-order valence-corrected chi connectivity index (χ0v) is 15.9. The molecular formula is C21H23ClN2O. The molecule has 0 aliphatic heterocycles. The van der Waals surface area contributed by atoms with E-state index in [1.54, 1.807) is 13.0 Å². The van der Waals surface area contributed by atoms with E-state index in [0.29, 0.717) is 22.7 Å². The van der Waals surface area contributed by atoms with Gasteiger partial charge in [0, 0.05) is 11.4 Å². The molecule has 3 nitrogen and oxygen atoms in total. The minimum atomic E-state index is -0.250. The van der Waals surface area contributed by atoms with Crippen LogP contribution in [0.3, 0.4) is 0 Å². The standard InChI is InChI=1S/C21H23ClN2O/c1-6-10-17-14(4)23-15(5)18(19(17)22)21(25)24-20(13(2)3)16-11-8-7-9-12-16/h6-9,11-12H,1,10H2,2-5H3,(H,24,25). The molecule has 0 fully saturated rings. The maximum Gasteiger partial charge on any atom is 0.259 e. The Kier molecular flexibility index (Phi) is 6.16. The van der Waals surface area contributed by atoms with Gasteiger partial charge in [0.1, 0.15) is 0 Å². The highest BCUT2D eigenvalue weighted by Gasteiger charge is 2.21. The van der Waals surface area contributed by atoms with Crippen LogP contribution < -0.4 is 5.32 Å². The lowest BCUT2D eigenvalue weighted by Crippen LogP contribution is -2.25. The van der Waals surface area contributed by atoms with Crippen molar-refractivity contribution in [2.24, 2.45) is 0 Å². The van der Waals surface area contributed by atoms with Gasteiger partial charge in [0.05, 0.1) is 16.3 Å². The summed E-state index contributed by atoms with van der Waals surface area (Å²) in [5.74, 6) is -0.250. The van der Waals surface area contributed by atoms with Crippen molar-refractivity contribution in [1.29, 1.82) is 0 Å². The molecule has 4 heteroatoms. The highest BCUT2D eigenvalue weighted by molar-refractivity contribution is 6.35. The summed E-state index contributed by atoms with van der Waals surface area (Å²) in [5.41, 5.74) is 5.45. The molecule has 2 aromatic rings. The molecule has 0 aliphatic carbocycles. The van der Waals surface area contributed by atoms with Crippen LogP contribution in [0.1, 0.15) is 46.7 Å². The highest BCUT2D eigenvalue weighted by atomic mass is 35.5. The van der Waals surface area contributed by atoms with E-state index in [1.165, 1.54) is 0 Å². The monoisotopic (exact) mass is 354 g/mol. The first kappa shape index (κ1) is 18.9. The van der Waals surface area contributed by atoms with Crippen LogP contribution in [0.25, 0.3) is 5.70 Å². The lowest BCUT2D eigenvalue weighted by Gasteiger charge is -2.16. The van der Waals surface area contributed by atoms with Gasteiger partial charge in [0.25, 0.3) is 5.91 Å². The molecule has 1 aromatic heterocycles. The van der Waals surface area contributed by atoms with Crippen LogP contribution in [-0.4, -0.2) is 10.9 Å². The van der Waals surface area contributed by atoms with Gasteiger partial charge >= 0.3 is 0 Å². The molecule has 0 bridgehead atoms. The summed E-state index contributed by atoms with van der Waals surface area (Å²) >= 11 is 6.54. The third-order valence-electron chi connectivity index (χ3n) is 3.99. The minimum Gasteiger partial charge on any atom is -0.321 e. The normalized spacial score (nSPS) is 10.3. The van der Waals surface area contributed by atoms with E-state index < -0.39 is 0 Å². The third-order valence-corrected chi connectivity index (χ3v) is 4.41. The number of aryl methyl sites for hydroxylation is 2. The molecule has 130 valence electrons. The predicted octanol–water partition coefficient (Wildman–Crippen LogP) is 5.26. The number of carbonyl (C=O) groups excluding carboxylic acids is 1. The Morgan fingerprint density at radius 2 is 1.84 bits per heavy atom. The molecule has 0 aliphatic rings. The van der Waals surface area contributed by atoms with Crippen molar-refractivity contribution in [2.45, 2.75) is 34.1 Å². The van der Waals surface area contributed by atoms with Crippen molar-refractivity contribution in [3.05, 3.63) is 81.7 Å². The molecule has 0 atom stereocenters. The number of amides is 1. The Hall–Kier alpha value is -2.39. The molecule has 0 saturated carbocycles. The van der Waals surface area contributed by atoms with Gasteiger partial charge in [-0.1, -0.05) is 53.6 Å². The first-order chi connectivity index (χ1) is 11.9. The smallest absolute Gasteiger partial charge is 0.259 e. The van der Waals surface area contributed by atoms with Gasteiger partial charge in [0.15, 0.2) is 0 Å². The Morgan fingerprint density at radius 3 is 2.40 bits per heavy atom. The Labute approximate surface area is 154 Å². The summed E-state index contributed by atoms with van der Waals surface area (Å²) in [6, 6.07) is 9.76. The average molecular weight is 355 g/mol. The summed E-state index contributed by atoms with van der Waals surface area (Å²) in [7, 11) is 0. The first-order valence-electron chi connectivity index (χ1n) is 8.17. The number of allylic oxidation sites excluding steroid dienone is 2. The van der Waals surface area contributed by atoms with Crippen LogP contribution in [0.2, 0.25) is 5.02 Å². The Morgan fingerprint density at radius 1 is 1.20 bits per heavy atom. The number of pyridine rings is 1. The summed E-state index contributed by atoms with van der Waals surface area (Å²) in [4.78, 5) is 17.4. The number of nitrogens with zero attached hydrogens (tertiary/aromatic N) is 1. The van der Waals surface area contributed by atoms with Crippen molar-refractivity contribution in [3.63, 3.8) is 0 Å². The Bertz CT molecular complexity index is 835. The fourth-order valence-corrected chi connectivity index (χ4v) is 3.19. The summed E-state index contributed by atoms with van der Waals surface area (Å²) in [6.45, 7) is 11.4. The van der Waals surface area contributed by atoms with Crippen molar-refractivity contribution in [1.82, 2.24) is 10.3 Å². The predicted molar refractivity (Wildman–Crippen MR) is 105 cm³/mol. The van der Waals surface area contributed by atoms with E-state index in [9.17, 15) is 4.79 Å². The van der Waals surface area contributed by atoms with Crippen LogP contribution in [0, 0.1) is 13.8 Å². The molecule has 0 spiro atoms. The van der Waals surface area contributed by atoms with Crippen LogP contribution in [0.5, 0.6) is 0 Å². The number of aromatic nitrogens is 1. The molecule has 0 saturated heterocycles. The van der Waals surface area contributed by atoms with E-state index >= 15 is 0 Å². The van der Waals surface area contributed by atoms with Gasteiger partial charge in [-0.15, -0.1) is 6.58 Å². The summed E-state index contributed by atoms with van der Waals surface area (Å²) in [5, 5.41) is 3.46. The van der Waals surface area contributed by atoms with Crippen LogP contribution >= 0.6 is 11.6 Å². The molecule has 1 amide bonds. The van der Waals surface area contributed by atoms with Gasteiger partial charge < -0.3 is 5.32 Å². The minimum absolute atomic E-state index is 0.250. The van der Waals surface area contributed by atoms with Gasteiger partial charge in [-0.05, 0) is 45.2 Å².